The van der Waals surface area contributed by atoms with Gasteiger partial charge in [-0.2, -0.15) is 0 Å². The van der Waals surface area contributed by atoms with E-state index in [4.69, 9.17) is 5.14 Å². The number of benzene rings is 2. The minimum absolute atomic E-state index is 0.00797. The van der Waals surface area contributed by atoms with Gasteiger partial charge in [0.05, 0.1) is 10.6 Å². The molecule has 2 heterocycles. The second-order valence-electron chi connectivity index (χ2n) is 7.99. The third-order valence-corrected chi connectivity index (χ3v) is 6.52. The molecule has 0 saturated carbocycles. The first-order valence-electron chi connectivity index (χ1n) is 10.3. The second-order valence-corrected chi connectivity index (χ2v) is 9.56. The molecule has 9 nitrogen and oxygen atoms in total. The molecule has 3 aromatic rings. The van der Waals surface area contributed by atoms with Crippen molar-refractivity contribution in [2.75, 3.05) is 4.90 Å². The van der Waals surface area contributed by atoms with E-state index < -0.39 is 27.9 Å². The lowest BCUT2D eigenvalue weighted by molar-refractivity contribution is -0.122. The van der Waals surface area contributed by atoms with Gasteiger partial charge in [-0.25, -0.2) is 23.3 Å². The molecule has 1 aliphatic heterocycles. The van der Waals surface area contributed by atoms with Crippen molar-refractivity contribution < 1.29 is 22.8 Å². The lowest BCUT2D eigenvalue weighted by Gasteiger charge is -2.26. The normalized spacial score (nSPS) is 15.7. The Balaban J connectivity index is 1.73. The third kappa shape index (κ3) is 4.16. The number of barbiturate groups is 1. The fourth-order valence-corrected chi connectivity index (χ4v) is 4.37. The first-order valence-corrected chi connectivity index (χ1v) is 11.8. The second kappa shape index (κ2) is 8.40. The highest BCUT2D eigenvalue weighted by Crippen LogP contribution is 2.26. The van der Waals surface area contributed by atoms with Crippen LogP contribution >= 0.6 is 0 Å². The summed E-state index contributed by atoms with van der Waals surface area (Å²) < 4.78 is 24.9. The zero-order valence-corrected chi connectivity index (χ0v) is 19.5. The highest BCUT2D eigenvalue weighted by atomic mass is 32.2. The fraction of sp³-hybridized carbons (Fsp3) is 0.125. The SMILES string of the molecule is Cc1ccc(N2C(=O)NC(=O)/C(=C/c3cc(C)n(-c4ccc(S(N)(=O)=O)cc4)c3C)C2=O)cc1. The Hall–Kier alpha value is -4.02. The number of nitrogens with two attached hydrogens (primary N) is 1. The van der Waals surface area contributed by atoms with E-state index >= 15 is 0 Å². The molecule has 2 aromatic carbocycles. The van der Waals surface area contributed by atoms with Crippen LogP contribution in [0.3, 0.4) is 0 Å². The smallest absolute Gasteiger partial charge is 0.318 e. The predicted molar refractivity (Wildman–Crippen MR) is 127 cm³/mol. The molecule has 1 fully saturated rings. The predicted octanol–water partition coefficient (Wildman–Crippen LogP) is 2.72. The molecule has 10 heteroatoms. The molecule has 4 rings (SSSR count). The molecule has 174 valence electrons. The number of primary sulfonamides is 1. The van der Waals surface area contributed by atoms with Crippen LogP contribution in [-0.2, 0) is 19.6 Å². The molecule has 3 N–H and O–H groups in total. The molecule has 0 spiro atoms. The first kappa shape index (κ1) is 23.1. The lowest BCUT2D eigenvalue weighted by atomic mass is 10.1. The van der Waals surface area contributed by atoms with Crippen LogP contribution in [0.2, 0.25) is 0 Å². The summed E-state index contributed by atoms with van der Waals surface area (Å²) in [5.41, 5.74) is 3.94. The third-order valence-electron chi connectivity index (χ3n) is 5.59. The molecular weight excluding hydrogens is 456 g/mol. The Labute approximate surface area is 196 Å². The number of amides is 4. The molecule has 1 aliphatic rings. The Morgan fingerprint density at radius 1 is 0.882 bits per heavy atom. The molecule has 34 heavy (non-hydrogen) atoms. The maximum Gasteiger partial charge on any atom is 0.335 e. The number of sulfonamides is 1. The van der Waals surface area contributed by atoms with Crippen molar-refractivity contribution in [3.63, 3.8) is 0 Å². The number of imide groups is 2. The number of carbonyl (C=O) groups excluding carboxylic acids is 3. The number of aromatic nitrogens is 1. The van der Waals surface area contributed by atoms with Gasteiger partial charge in [-0.15, -0.1) is 0 Å². The Bertz CT molecular complexity index is 1470. The molecule has 0 aliphatic carbocycles. The van der Waals surface area contributed by atoms with Gasteiger partial charge in [-0.05, 0) is 74.9 Å². The van der Waals surface area contributed by atoms with E-state index in [0.717, 1.165) is 16.2 Å². The Morgan fingerprint density at radius 3 is 2.06 bits per heavy atom. The standard InChI is InChI=1S/C24H22N4O5S/c1-14-4-6-19(7-5-14)28-23(30)21(22(29)26-24(28)31)13-17-12-15(2)27(16(17)3)18-8-10-20(11-9-18)34(25,32)33/h4-13H,1-3H3,(H2,25,32,33)(H,26,29,31)/b21-13-. The summed E-state index contributed by atoms with van der Waals surface area (Å²) in [5, 5.41) is 7.39. The van der Waals surface area contributed by atoms with Crippen molar-refractivity contribution in [2.24, 2.45) is 5.14 Å². The van der Waals surface area contributed by atoms with Crippen molar-refractivity contribution in [3.8, 4) is 5.69 Å². The summed E-state index contributed by atoms with van der Waals surface area (Å²) in [6.07, 6.45) is 1.45. The average molecular weight is 479 g/mol. The highest BCUT2D eigenvalue weighted by molar-refractivity contribution is 7.89. The van der Waals surface area contributed by atoms with E-state index in [2.05, 4.69) is 5.32 Å². The number of aryl methyl sites for hydroxylation is 2. The Kier molecular flexibility index (Phi) is 5.72. The van der Waals surface area contributed by atoms with Crippen molar-refractivity contribution >= 4 is 39.6 Å². The van der Waals surface area contributed by atoms with Crippen LogP contribution in [0.4, 0.5) is 10.5 Å². The van der Waals surface area contributed by atoms with Gasteiger partial charge in [0.25, 0.3) is 11.8 Å². The molecule has 4 amide bonds. The average Bonchev–Trinajstić information content (AvgIpc) is 3.04. The summed E-state index contributed by atoms with van der Waals surface area (Å²) in [4.78, 5) is 39.0. The quantitative estimate of drug-likeness (QED) is 0.440. The number of carbonyl (C=O) groups is 3. The number of hydrogen-bond donors (Lipinski definition) is 2. The zero-order valence-electron chi connectivity index (χ0n) is 18.7. The van der Waals surface area contributed by atoms with Gasteiger partial charge >= 0.3 is 6.03 Å². The van der Waals surface area contributed by atoms with E-state index in [1.54, 1.807) is 49.4 Å². The van der Waals surface area contributed by atoms with Crippen LogP contribution in [0.5, 0.6) is 0 Å². The fourth-order valence-electron chi connectivity index (χ4n) is 3.86. The van der Waals surface area contributed by atoms with Gasteiger partial charge < -0.3 is 4.57 Å². The van der Waals surface area contributed by atoms with Crippen LogP contribution in [0.15, 0.2) is 65.1 Å². The van der Waals surface area contributed by atoms with Gasteiger partial charge in [0.2, 0.25) is 10.0 Å². The molecular formula is C24H22N4O5S. The van der Waals surface area contributed by atoms with Crippen molar-refractivity contribution in [3.05, 3.63) is 82.7 Å². The molecule has 0 unspecified atom stereocenters. The maximum atomic E-state index is 13.1. The summed E-state index contributed by atoms with van der Waals surface area (Å²) in [5.74, 6) is -1.50. The van der Waals surface area contributed by atoms with Gasteiger partial charge in [0.15, 0.2) is 0 Å². The van der Waals surface area contributed by atoms with Crippen LogP contribution in [0, 0.1) is 20.8 Å². The van der Waals surface area contributed by atoms with Crippen LogP contribution in [0.25, 0.3) is 11.8 Å². The minimum atomic E-state index is -3.82. The van der Waals surface area contributed by atoms with E-state index in [1.807, 2.05) is 18.4 Å². The van der Waals surface area contributed by atoms with Gasteiger partial charge in [-0.1, -0.05) is 17.7 Å². The summed E-state index contributed by atoms with van der Waals surface area (Å²) in [6, 6.07) is 13.8. The number of nitrogens with one attached hydrogen (secondary N) is 1. The molecule has 1 saturated heterocycles. The monoisotopic (exact) mass is 478 g/mol. The van der Waals surface area contributed by atoms with E-state index in [9.17, 15) is 22.8 Å². The zero-order chi connectivity index (χ0) is 24.8. The molecule has 0 bridgehead atoms. The van der Waals surface area contributed by atoms with E-state index in [-0.39, 0.29) is 10.5 Å². The van der Waals surface area contributed by atoms with Crippen molar-refractivity contribution in [2.45, 2.75) is 25.7 Å². The molecule has 0 radical (unpaired) electrons. The van der Waals surface area contributed by atoms with Gasteiger partial charge in [0, 0.05) is 17.1 Å². The lowest BCUT2D eigenvalue weighted by Crippen LogP contribution is -2.54. The first-order chi connectivity index (χ1) is 16.0. The Morgan fingerprint density at radius 2 is 1.47 bits per heavy atom. The molecule has 0 atom stereocenters. The summed E-state index contributed by atoms with van der Waals surface area (Å²) in [6.45, 7) is 5.53. The molecule has 1 aromatic heterocycles. The number of nitrogens with zero attached hydrogens (tertiary/aromatic N) is 2. The number of rotatable bonds is 4. The summed E-state index contributed by atoms with van der Waals surface area (Å²) >= 11 is 0. The van der Waals surface area contributed by atoms with Gasteiger partial charge in [-0.3, -0.25) is 14.9 Å². The summed E-state index contributed by atoms with van der Waals surface area (Å²) in [7, 11) is -3.82. The number of hydrogen-bond acceptors (Lipinski definition) is 5. The highest BCUT2D eigenvalue weighted by Gasteiger charge is 2.37. The minimum Gasteiger partial charge on any atom is -0.318 e. The van der Waals surface area contributed by atoms with Crippen LogP contribution < -0.4 is 15.4 Å². The van der Waals surface area contributed by atoms with Crippen LogP contribution in [0.1, 0.15) is 22.5 Å². The van der Waals surface area contributed by atoms with Crippen molar-refractivity contribution in [1.29, 1.82) is 0 Å². The van der Waals surface area contributed by atoms with Crippen molar-refractivity contribution in [1.82, 2.24) is 9.88 Å². The maximum absolute atomic E-state index is 13.1. The topological polar surface area (TPSA) is 132 Å². The van der Waals surface area contributed by atoms with E-state index in [0.29, 0.717) is 22.6 Å². The van der Waals surface area contributed by atoms with E-state index in [1.165, 1.54) is 18.2 Å². The van der Waals surface area contributed by atoms with Crippen LogP contribution in [-0.4, -0.2) is 30.8 Å². The largest absolute Gasteiger partial charge is 0.335 e. The number of anilines is 1. The van der Waals surface area contributed by atoms with Gasteiger partial charge in [0.1, 0.15) is 5.57 Å². The number of urea groups is 1.